The number of nitro benzene ring substituents is 1. The second-order valence-corrected chi connectivity index (χ2v) is 10.6. The van der Waals surface area contributed by atoms with Gasteiger partial charge in [0.05, 0.1) is 27.0 Å². The summed E-state index contributed by atoms with van der Waals surface area (Å²) in [7, 11) is 0. The number of nitro groups is 1. The van der Waals surface area contributed by atoms with Crippen LogP contribution in [0, 0.1) is 17.0 Å². The lowest BCUT2D eigenvalue weighted by Gasteiger charge is -2.35. The number of hydrogen-bond donors (Lipinski definition) is 0. The first-order valence-corrected chi connectivity index (χ1v) is 12.8. The molecular formula is C24H17BrF3N5O4S. The van der Waals surface area contributed by atoms with Crippen molar-refractivity contribution in [3.05, 3.63) is 78.2 Å². The van der Waals surface area contributed by atoms with Gasteiger partial charge in [-0.05, 0) is 37.3 Å². The molecule has 9 nitrogen and oxygen atoms in total. The molecule has 1 aliphatic heterocycles. The normalized spacial score (nSPS) is 14.3. The van der Waals surface area contributed by atoms with Crippen LogP contribution in [0.15, 0.2) is 45.7 Å². The molecule has 0 spiro atoms. The third-order valence-electron chi connectivity index (χ3n) is 6.18. The van der Waals surface area contributed by atoms with Crippen LogP contribution in [-0.4, -0.2) is 51.9 Å². The Labute approximate surface area is 224 Å². The monoisotopic (exact) mass is 607 g/mol. The number of nitrogens with zero attached hydrogens (tertiary/aromatic N) is 5. The largest absolute Gasteiger partial charge is 0.416 e. The number of halogens is 4. The second kappa shape index (κ2) is 9.58. The summed E-state index contributed by atoms with van der Waals surface area (Å²) < 4.78 is 40.3. The van der Waals surface area contributed by atoms with Crippen LogP contribution in [0.2, 0.25) is 0 Å². The number of piperazine rings is 1. The van der Waals surface area contributed by atoms with Gasteiger partial charge >= 0.3 is 6.18 Å². The number of fused-ring (bicyclic) bond motifs is 2. The number of carbonyl (C=O) groups is 1. The third-order valence-corrected chi connectivity index (χ3v) is 7.84. The number of aromatic nitrogens is 2. The summed E-state index contributed by atoms with van der Waals surface area (Å²) >= 11 is 4.21. The van der Waals surface area contributed by atoms with Gasteiger partial charge in [-0.25, -0.2) is 0 Å². The van der Waals surface area contributed by atoms with Crippen LogP contribution in [0.3, 0.4) is 0 Å². The maximum Gasteiger partial charge on any atom is 0.416 e. The van der Waals surface area contributed by atoms with Crippen LogP contribution in [0.25, 0.3) is 21.0 Å². The molecule has 2 aromatic heterocycles. The van der Waals surface area contributed by atoms with Gasteiger partial charge in [0.1, 0.15) is 4.70 Å². The third kappa shape index (κ3) is 4.80. The standard InChI is InChI=1S/C24H17BrF3N5O4S/c1-12-8-16(15-11-14(25)2-3-18(15)29-12)22(35)31-4-6-32(7-5-31)23-30-21(34)17-9-13(24(26,27)28)10-19(33(36)37)20(17)38-23/h2-3,8-11H,4-7H2,1H3. The number of non-ortho nitro benzene ring substituents is 1. The molecule has 0 N–H and O–H groups in total. The summed E-state index contributed by atoms with van der Waals surface area (Å²) in [5.74, 6) is -0.187. The van der Waals surface area contributed by atoms with E-state index in [1.807, 2.05) is 18.2 Å². The molecule has 0 atom stereocenters. The average Bonchev–Trinajstić information content (AvgIpc) is 2.87. The molecule has 0 aliphatic carbocycles. The summed E-state index contributed by atoms with van der Waals surface area (Å²) in [6, 6.07) is 8.25. The number of alkyl halides is 3. The van der Waals surface area contributed by atoms with Crippen LogP contribution >= 0.6 is 27.3 Å². The van der Waals surface area contributed by atoms with Gasteiger partial charge in [-0.1, -0.05) is 27.3 Å². The van der Waals surface area contributed by atoms with Gasteiger partial charge in [0, 0.05) is 47.8 Å². The van der Waals surface area contributed by atoms with Gasteiger partial charge in [-0.3, -0.25) is 24.7 Å². The van der Waals surface area contributed by atoms with Crippen molar-refractivity contribution < 1.29 is 22.9 Å². The van der Waals surface area contributed by atoms with E-state index < -0.39 is 33.3 Å². The highest BCUT2D eigenvalue weighted by Gasteiger charge is 2.34. The van der Waals surface area contributed by atoms with E-state index in [2.05, 4.69) is 25.9 Å². The highest BCUT2D eigenvalue weighted by atomic mass is 79.9. The van der Waals surface area contributed by atoms with Gasteiger partial charge in [0.25, 0.3) is 17.2 Å². The number of aryl methyl sites for hydroxylation is 1. The fourth-order valence-corrected chi connectivity index (χ4v) is 5.83. The molecular weight excluding hydrogens is 591 g/mol. The fraction of sp³-hybridized carbons (Fsp3) is 0.250. The average molecular weight is 608 g/mol. The molecule has 1 aliphatic rings. The number of carbonyl (C=O) groups excluding carboxylic acids is 1. The quantitative estimate of drug-likeness (QED) is 0.233. The molecule has 2 aromatic carbocycles. The number of pyridine rings is 1. The predicted molar refractivity (Wildman–Crippen MR) is 140 cm³/mol. The van der Waals surface area contributed by atoms with Crippen molar-refractivity contribution in [3.63, 3.8) is 0 Å². The minimum Gasteiger partial charge on any atom is -0.344 e. The van der Waals surface area contributed by atoms with Gasteiger partial charge in [-0.2, -0.15) is 18.2 Å². The molecule has 1 amide bonds. The molecule has 0 unspecified atom stereocenters. The van der Waals surface area contributed by atoms with E-state index >= 15 is 0 Å². The highest BCUT2D eigenvalue weighted by molar-refractivity contribution is 9.10. The predicted octanol–water partition coefficient (Wildman–Crippen LogP) is 5.17. The van der Waals surface area contributed by atoms with Crippen molar-refractivity contribution in [2.45, 2.75) is 13.1 Å². The Kier molecular flexibility index (Phi) is 6.55. The Morgan fingerprint density at radius 1 is 1.08 bits per heavy atom. The lowest BCUT2D eigenvalue weighted by atomic mass is 10.1. The van der Waals surface area contributed by atoms with Crippen molar-refractivity contribution in [2.75, 3.05) is 31.1 Å². The number of amides is 1. The van der Waals surface area contributed by atoms with E-state index in [9.17, 15) is 32.9 Å². The highest BCUT2D eigenvalue weighted by Crippen LogP contribution is 2.38. The van der Waals surface area contributed by atoms with Crippen molar-refractivity contribution in [1.82, 2.24) is 14.9 Å². The van der Waals surface area contributed by atoms with Gasteiger partial charge in [-0.15, -0.1) is 0 Å². The maximum absolute atomic E-state index is 13.4. The molecule has 1 fully saturated rings. The molecule has 38 heavy (non-hydrogen) atoms. The number of hydrogen-bond acceptors (Lipinski definition) is 8. The molecule has 3 heterocycles. The van der Waals surface area contributed by atoms with E-state index in [0.717, 1.165) is 15.8 Å². The van der Waals surface area contributed by atoms with Crippen molar-refractivity contribution >= 4 is 65.0 Å². The minimum atomic E-state index is -4.85. The van der Waals surface area contributed by atoms with E-state index in [1.165, 1.54) is 0 Å². The maximum atomic E-state index is 13.4. The first-order valence-electron chi connectivity index (χ1n) is 11.2. The number of benzene rings is 2. The molecule has 0 bridgehead atoms. The summed E-state index contributed by atoms with van der Waals surface area (Å²) in [5, 5.41) is 11.9. The van der Waals surface area contributed by atoms with Crippen LogP contribution in [0.4, 0.5) is 24.0 Å². The first kappa shape index (κ1) is 26.0. The van der Waals surface area contributed by atoms with Crippen LogP contribution in [-0.2, 0) is 6.18 Å². The van der Waals surface area contributed by atoms with Gasteiger partial charge in [0.2, 0.25) is 0 Å². The summed E-state index contributed by atoms with van der Waals surface area (Å²) in [4.78, 5) is 48.4. The molecule has 4 aromatic rings. The Hall–Kier alpha value is -3.65. The fourth-order valence-electron chi connectivity index (χ4n) is 4.35. The lowest BCUT2D eigenvalue weighted by Crippen LogP contribution is -2.49. The van der Waals surface area contributed by atoms with E-state index in [4.69, 9.17) is 0 Å². The van der Waals surface area contributed by atoms with Crippen LogP contribution in [0.5, 0.6) is 0 Å². The van der Waals surface area contributed by atoms with Crippen LogP contribution < -0.4 is 10.5 Å². The van der Waals surface area contributed by atoms with Crippen molar-refractivity contribution in [3.8, 4) is 0 Å². The van der Waals surface area contributed by atoms with E-state index in [1.54, 1.807) is 22.8 Å². The summed E-state index contributed by atoms with van der Waals surface area (Å²) in [5.41, 5.74) is -1.18. The molecule has 196 valence electrons. The SMILES string of the molecule is Cc1cc(C(=O)N2CCN(c3nc(=O)c4cc(C(F)(F)F)cc([N+](=O)[O-])c4s3)CC2)c2cc(Br)ccc2n1. The summed E-state index contributed by atoms with van der Waals surface area (Å²) in [6.45, 7) is 2.93. The zero-order valence-electron chi connectivity index (χ0n) is 19.6. The zero-order chi connectivity index (χ0) is 27.4. The second-order valence-electron chi connectivity index (χ2n) is 8.68. The minimum absolute atomic E-state index is 0.145. The van der Waals surface area contributed by atoms with Crippen molar-refractivity contribution in [1.29, 1.82) is 0 Å². The Bertz CT molecular complexity index is 1690. The molecule has 14 heteroatoms. The van der Waals surface area contributed by atoms with Crippen molar-refractivity contribution in [2.24, 2.45) is 0 Å². The smallest absolute Gasteiger partial charge is 0.344 e. The van der Waals surface area contributed by atoms with E-state index in [-0.39, 0.29) is 41.9 Å². The van der Waals surface area contributed by atoms with E-state index in [0.29, 0.717) is 34.3 Å². The first-order chi connectivity index (χ1) is 17.9. The molecule has 5 rings (SSSR count). The molecule has 0 saturated carbocycles. The Morgan fingerprint density at radius 2 is 1.79 bits per heavy atom. The van der Waals surface area contributed by atoms with Crippen LogP contribution in [0.1, 0.15) is 21.6 Å². The topological polar surface area (TPSA) is 110 Å². The molecule has 1 saturated heterocycles. The summed E-state index contributed by atoms with van der Waals surface area (Å²) in [6.07, 6.45) is -4.85. The van der Waals surface area contributed by atoms with Gasteiger partial charge < -0.3 is 9.80 Å². The van der Waals surface area contributed by atoms with Gasteiger partial charge in [0.15, 0.2) is 5.13 Å². The number of rotatable bonds is 3. The zero-order valence-corrected chi connectivity index (χ0v) is 22.0. The molecule has 0 radical (unpaired) electrons. The Morgan fingerprint density at radius 3 is 2.45 bits per heavy atom. The number of anilines is 1. The Balaban J connectivity index is 1.43. The lowest BCUT2D eigenvalue weighted by molar-refractivity contribution is -0.383.